The molecule has 2 aromatic rings. The highest BCUT2D eigenvalue weighted by molar-refractivity contribution is 5.77. The van der Waals surface area contributed by atoms with E-state index in [0.29, 0.717) is 13.2 Å². The van der Waals surface area contributed by atoms with E-state index in [9.17, 15) is 0 Å². The summed E-state index contributed by atoms with van der Waals surface area (Å²) in [4.78, 5) is 0. The van der Waals surface area contributed by atoms with Crippen molar-refractivity contribution in [3.63, 3.8) is 0 Å². The molecular weight excluding hydrogens is 262 g/mol. The molecule has 0 aliphatic rings. The third-order valence-corrected chi connectivity index (χ3v) is 3.22. The molecule has 3 nitrogen and oxygen atoms in total. The van der Waals surface area contributed by atoms with Gasteiger partial charge in [-0.05, 0) is 18.1 Å². The summed E-state index contributed by atoms with van der Waals surface area (Å²) >= 11 is 0. The SMILES string of the molecule is COCCOCCCNc1ccccc1-c1ccccc1. The predicted octanol–water partition coefficient (Wildman–Crippen LogP) is 3.82. The molecule has 3 heteroatoms. The lowest BCUT2D eigenvalue weighted by Crippen LogP contribution is -2.08. The second kappa shape index (κ2) is 9.16. The summed E-state index contributed by atoms with van der Waals surface area (Å²) in [7, 11) is 1.69. The third-order valence-electron chi connectivity index (χ3n) is 3.22. The Bertz CT molecular complexity index is 514. The van der Waals surface area contributed by atoms with Gasteiger partial charge in [-0.3, -0.25) is 0 Å². The summed E-state index contributed by atoms with van der Waals surface area (Å²) in [5.41, 5.74) is 3.64. The molecule has 2 rings (SSSR count). The molecule has 0 atom stereocenters. The van der Waals surface area contributed by atoms with Crippen molar-refractivity contribution in [2.24, 2.45) is 0 Å². The van der Waals surface area contributed by atoms with Crippen LogP contribution in [0.2, 0.25) is 0 Å². The highest BCUT2D eigenvalue weighted by Gasteiger charge is 2.03. The maximum Gasteiger partial charge on any atom is 0.0700 e. The lowest BCUT2D eigenvalue weighted by molar-refractivity contribution is 0.0705. The van der Waals surface area contributed by atoms with E-state index in [4.69, 9.17) is 9.47 Å². The fourth-order valence-electron chi connectivity index (χ4n) is 2.15. The lowest BCUT2D eigenvalue weighted by atomic mass is 10.0. The summed E-state index contributed by atoms with van der Waals surface area (Å²) in [6.45, 7) is 2.97. The number of ether oxygens (including phenoxy) is 2. The molecule has 0 amide bonds. The molecule has 21 heavy (non-hydrogen) atoms. The van der Waals surface area contributed by atoms with Gasteiger partial charge in [-0.25, -0.2) is 0 Å². The summed E-state index contributed by atoms with van der Waals surface area (Å²) in [6, 6.07) is 18.8. The van der Waals surface area contributed by atoms with Gasteiger partial charge >= 0.3 is 0 Å². The Balaban J connectivity index is 1.84. The van der Waals surface area contributed by atoms with Crippen LogP contribution in [0.15, 0.2) is 54.6 Å². The number of hydrogen-bond donors (Lipinski definition) is 1. The van der Waals surface area contributed by atoms with E-state index in [1.165, 1.54) is 16.8 Å². The molecule has 0 saturated carbocycles. The topological polar surface area (TPSA) is 30.5 Å². The molecule has 0 aromatic heterocycles. The number of hydrogen-bond acceptors (Lipinski definition) is 3. The zero-order chi connectivity index (χ0) is 14.8. The normalized spacial score (nSPS) is 10.5. The Morgan fingerprint density at radius 1 is 0.857 bits per heavy atom. The number of rotatable bonds is 9. The average molecular weight is 285 g/mol. The monoisotopic (exact) mass is 285 g/mol. The van der Waals surface area contributed by atoms with E-state index >= 15 is 0 Å². The summed E-state index contributed by atoms with van der Waals surface area (Å²) in [5.74, 6) is 0. The van der Waals surface area contributed by atoms with E-state index in [1.807, 2.05) is 6.07 Å². The van der Waals surface area contributed by atoms with Gasteiger partial charge in [-0.15, -0.1) is 0 Å². The van der Waals surface area contributed by atoms with Crippen LogP contribution in [0.5, 0.6) is 0 Å². The third kappa shape index (κ3) is 5.21. The Hall–Kier alpha value is -1.84. The minimum Gasteiger partial charge on any atom is -0.384 e. The van der Waals surface area contributed by atoms with Crippen molar-refractivity contribution in [1.82, 2.24) is 0 Å². The lowest BCUT2D eigenvalue weighted by Gasteiger charge is -2.12. The zero-order valence-corrected chi connectivity index (χ0v) is 12.5. The molecule has 0 aliphatic heterocycles. The fraction of sp³-hybridized carbons (Fsp3) is 0.333. The number of anilines is 1. The molecular formula is C18H23NO2. The van der Waals surface area contributed by atoms with Crippen LogP contribution in [-0.4, -0.2) is 33.5 Å². The standard InChI is InChI=1S/C18H23NO2/c1-20-14-15-21-13-7-12-19-18-11-6-5-10-17(18)16-8-3-2-4-9-16/h2-6,8-11,19H,7,12-15H2,1H3. The van der Waals surface area contributed by atoms with Gasteiger partial charge in [-0.2, -0.15) is 0 Å². The molecule has 0 spiro atoms. The van der Waals surface area contributed by atoms with Crippen molar-refractivity contribution in [2.45, 2.75) is 6.42 Å². The van der Waals surface area contributed by atoms with Crippen molar-refractivity contribution in [1.29, 1.82) is 0 Å². The molecule has 0 aliphatic carbocycles. The van der Waals surface area contributed by atoms with Gasteiger partial charge in [0, 0.05) is 31.5 Å². The number of para-hydroxylation sites is 1. The van der Waals surface area contributed by atoms with Gasteiger partial charge < -0.3 is 14.8 Å². The minimum atomic E-state index is 0.657. The van der Waals surface area contributed by atoms with Crippen LogP contribution in [0.25, 0.3) is 11.1 Å². The van der Waals surface area contributed by atoms with Gasteiger partial charge in [0.05, 0.1) is 13.2 Å². The van der Waals surface area contributed by atoms with Crippen LogP contribution in [0.4, 0.5) is 5.69 Å². The first-order valence-corrected chi connectivity index (χ1v) is 7.37. The van der Waals surface area contributed by atoms with Crippen LogP contribution in [0, 0.1) is 0 Å². The Morgan fingerprint density at radius 2 is 1.62 bits per heavy atom. The van der Waals surface area contributed by atoms with E-state index in [0.717, 1.165) is 19.6 Å². The molecule has 112 valence electrons. The molecule has 2 aromatic carbocycles. The van der Waals surface area contributed by atoms with Gasteiger partial charge in [0.2, 0.25) is 0 Å². The molecule has 0 bridgehead atoms. The first-order valence-electron chi connectivity index (χ1n) is 7.37. The van der Waals surface area contributed by atoms with Crippen molar-refractivity contribution in [2.75, 3.05) is 38.8 Å². The average Bonchev–Trinajstić information content (AvgIpc) is 2.55. The van der Waals surface area contributed by atoms with E-state index in [-0.39, 0.29) is 0 Å². The minimum absolute atomic E-state index is 0.657. The first kappa shape index (κ1) is 15.5. The fourth-order valence-corrected chi connectivity index (χ4v) is 2.15. The van der Waals surface area contributed by atoms with Crippen LogP contribution in [-0.2, 0) is 9.47 Å². The Morgan fingerprint density at radius 3 is 2.43 bits per heavy atom. The summed E-state index contributed by atoms with van der Waals surface area (Å²) < 4.78 is 10.4. The van der Waals surface area contributed by atoms with Crippen LogP contribution in [0.1, 0.15) is 6.42 Å². The Labute approximate surface area is 126 Å². The van der Waals surface area contributed by atoms with Crippen molar-refractivity contribution < 1.29 is 9.47 Å². The second-order valence-corrected chi connectivity index (χ2v) is 4.80. The maximum atomic E-state index is 5.46. The molecule has 1 N–H and O–H groups in total. The van der Waals surface area contributed by atoms with Crippen LogP contribution < -0.4 is 5.32 Å². The van der Waals surface area contributed by atoms with Crippen LogP contribution in [0.3, 0.4) is 0 Å². The van der Waals surface area contributed by atoms with E-state index in [2.05, 4.69) is 53.8 Å². The molecule has 0 radical (unpaired) electrons. The van der Waals surface area contributed by atoms with Gasteiger partial charge in [0.1, 0.15) is 0 Å². The van der Waals surface area contributed by atoms with Crippen LogP contribution >= 0.6 is 0 Å². The Kier molecular flexibility index (Phi) is 6.78. The quantitative estimate of drug-likeness (QED) is 0.710. The largest absolute Gasteiger partial charge is 0.384 e. The smallest absolute Gasteiger partial charge is 0.0700 e. The molecule has 0 saturated heterocycles. The number of benzene rings is 2. The van der Waals surface area contributed by atoms with Crippen molar-refractivity contribution in [3.05, 3.63) is 54.6 Å². The summed E-state index contributed by atoms with van der Waals surface area (Å²) in [6.07, 6.45) is 0.979. The maximum absolute atomic E-state index is 5.46. The molecule has 0 fully saturated rings. The highest BCUT2D eigenvalue weighted by Crippen LogP contribution is 2.27. The van der Waals surface area contributed by atoms with Gasteiger partial charge in [0.15, 0.2) is 0 Å². The van der Waals surface area contributed by atoms with Crippen molar-refractivity contribution >= 4 is 5.69 Å². The van der Waals surface area contributed by atoms with E-state index < -0.39 is 0 Å². The van der Waals surface area contributed by atoms with Gasteiger partial charge in [0.25, 0.3) is 0 Å². The number of methoxy groups -OCH3 is 1. The predicted molar refractivity (Wildman–Crippen MR) is 87.7 cm³/mol. The molecule has 0 unspecified atom stereocenters. The first-order chi connectivity index (χ1) is 10.4. The molecule has 0 heterocycles. The number of nitrogens with one attached hydrogen (secondary N) is 1. The van der Waals surface area contributed by atoms with E-state index in [1.54, 1.807) is 7.11 Å². The van der Waals surface area contributed by atoms with Gasteiger partial charge in [-0.1, -0.05) is 48.5 Å². The second-order valence-electron chi connectivity index (χ2n) is 4.80. The summed E-state index contributed by atoms with van der Waals surface area (Å²) in [5, 5.41) is 3.49. The zero-order valence-electron chi connectivity index (χ0n) is 12.5. The highest BCUT2D eigenvalue weighted by atomic mass is 16.5. The van der Waals surface area contributed by atoms with Crippen molar-refractivity contribution in [3.8, 4) is 11.1 Å².